The van der Waals surface area contributed by atoms with Gasteiger partial charge in [0.2, 0.25) is 0 Å². The van der Waals surface area contributed by atoms with Crippen LogP contribution < -0.4 is 0 Å². The minimum absolute atomic E-state index is 0.104. The number of rotatable bonds is 3. The second-order valence-electron chi connectivity index (χ2n) is 8.48. The van der Waals surface area contributed by atoms with E-state index in [0.717, 1.165) is 27.7 Å². The molecule has 0 aliphatic carbocycles. The van der Waals surface area contributed by atoms with E-state index in [-0.39, 0.29) is 24.3 Å². The lowest BCUT2D eigenvalue weighted by Crippen LogP contribution is -2.44. The first-order chi connectivity index (χ1) is 16.0. The van der Waals surface area contributed by atoms with Gasteiger partial charge in [-0.25, -0.2) is 9.18 Å². The summed E-state index contributed by atoms with van der Waals surface area (Å²) in [7, 11) is 0. The average molecular weight is 460 g/mol. The Balaban J connectivity index is 1.47. The molecule has 7 heteroatoms. The van der Waals surface area contributed by atoms with Crippen LogP contribution in [0, 0.1) is 5.82 Å². The summed E-state index contributed by atoms with van der Waals surface area (Å²) in [6, 6.07) is 19.8. The van der Waals surface area contributed by atoms with Crippen molar-refractivity contribution in [2.24, 2.45) is 0 Å². The topological polar surface area (TPSA) is 56.4 Å². The molecule has 3 heterocycles. The highest BCUT2D eigenvalue weighted by molar-refractivity contribution is 6.30. The van der Waals surface area contributed by atoms with Gasteiger partial charge in [-0.1, -0.05) is 54.1 Å². The number of halogens is 2. The van der Waals surface area contributed by atoms with Crippen molar-refractivity contribution in [2.75, 3.05) is 0 Å². The number of H-pyrrole nitrogens is 1. The van der Waals surface area contributed by atoms with Gasteiger partial charge in [0.15, 0.2) is 0 Å². The van der Waals surface area contributed by atoms with Crippen molar-refractivity contribution in [3.05, 3.63) is 106 Å². The van der Waals surface area contributed by atoms with Crippen LogP contribution in [0.1, 0.15) is 28.4 Å². The first-order valence-electron chi connectivity index (χ1n) is 10.7. The molecular formula is C26H19ClFN3O2. The summed E-state index contributed by atoms with van der Waals surface area (Å²) in [5.41, 5.74) is 4.52. The Morgan fingerprint density at radius 2 is 1.70 bits per heavy atom. The number of carbonyl (C=O) groups excluding carboxylic acids is 2. The van der Waals surface area contributed by atoms with Gasteiger partial charge in [0.25, 0.3) is 5.91 Å². The van der Waals surface area contributed by atoms with Crippen molar-refractivity contribution < 1.29 is 14.0 Å². The van der Waals surface area contributed by atoms with Crippen LogP contribution >= 0.6 is 11.6 Å². The Morgan fingerprint density at radius 1 is 0.970 bits per heavy atom. The standard InChI is InChI=1S/C26H19ClFN3O2/c27-17-9-7-16(8-10-17)24-23-20(19-3-1-2-4-21(19)29-23)13-22-25(32)30(26(33)31(22)24)14-15-5-11-18(28)12-6-15/h1-12,22,24,29H,13-14H2/t22-,24+/m1/s1. The molecule has 6 rings (SSSR count). The van der Waals surface area contributed by atoms with E-state index < -0.39 is 12.1 Å². The molecule has 3 amide bonds. The Hall–Kier alpha value is -3.64. The smallest absolute Gasteiger partial charge is 0.328 e. The Kier molecular flexibility index (Phi) is 4.52. The van der Waals surface area contributed by atoms with Crippen molar-refractivity contribution in [3.63, 3.8) is 0 Å². The predicted molar refractivity (Wildman–Crippen MR) is 123 cm³/mol. The van der Waals surface area contributed by atoms with E-state index in [1.165, 1.54) is 17.0 Å². The fourth-order valence-electron chi connectivity index (χ4n) is 5.04. The minimum Gasteiger partial charge on any atom is -0.356 e. The number of imide groups is 1. The van der Waals surface area contributed by atoms with Crippen LogP contribution in [0.4, 0.5) is 9.18 Å². The molecule has 33 heavy (non-hydrogen) atoms. The van der Waals surface area contributed by atoms with Gasteiger partial charge in [-0.2, -0.15) is 0 Å². The molecule has 4 aromatic rings. The SMILES string of the molecule is O=C1[C@H]2Cc3c([nH]c4ccccc34)[C@H](c3ccc(Cl)cc3)N2C(=O)N1Cc1ccc(F)cc1. The van der Waals surface area contributed by atoms with Gasteiger partial charge in [0, 0.05) is 28.0 Å². The lowest BCUT2D eigenvalue weighted by atomic mass is 9.89. The summed E-state index contributed by atoms with van der Waals surface area (Å²) < 4.78 is 13.3. The molecule has 0 unspecified atom stereocenters. The molecule has 3 aromatic carbocycles. The van der Waals surface area contributed by atoms with Crippen molar-refractivity contribution in [3.8, 4) is 0 Å². The van der Waals surface area contributed by atoms with Crippen LogP contribution in [0.25, 0.3) is 10.9 Å². The van der Waals surface area contributed by atoms with E-state index in [1.54, 1.807) is 29.2 Å². The molecule has 1 saturated heterocycles. The van der Waals surface area contributed by atoms with Crippen LogP contribution in [-0.4, -0.2) is 32.8 Å². The molecule has 0 bridgehead atoms. The maximum atomic E-state index is 13.6. The third kappa shape index (κ3) is 3.13. The number of nitrogens with zero attached hydrogens (tertiary/aromatic N) is 2. The summed E-state index contributed by atoms with van der Waals surface area (Å²) in [5.74, 6) is -0.595. The van der Waals surface area contributed by atoms with Crippen molar-refractivity contribution in [2.45, 2.75) is 25.0 Å². The number of aromatic amines is 1. The molecule has 2 aliphatic heterocycles. The zero-order chi connectivity index (χ0) is 22.7. The molecule has 2 atom stereocenters. The number of nitrogens with one attached hydrogen (secondary N) is 1. The fraction of sp³-hybridized carbons (Fsp3) is 0.154. The van der Waals surface area contributed by atoms with Gasteiger partial charge in [0.05, 0.1) is 6.54 Å². The number of hydrogen-bond acceptors (Lipinski definition) is 2. The molecule has 1 N–H and O–H groups in total. The zero-order valence-corrected chi connectivity index (χ0v) is 18.2. The Bertz CT molecular complexity index is 1400. The Morgan fingerprint density at radius 3 is 2.45 bits per heavy atom. The summed E-state index contributed by atoms with van der Waals surface area (Å²) in [6.45, 7) is 0.104. The molecule has 0 radical (unpaired) electrons. The van der Waals surface area contributed by atoms with Gasteiger partial charge >= 0.3 is 6.03 Å². The number of aromatic nitrogens is 1. The second-order valence-corrected chi connectivity index (χ2v) is 8.91. The number of benzene rings is 3. The monoisotopic (exact) mass is 459 g/mol. The largest absolute Gasteiger partial charge is 0.356 e. The van der Waals surface area contributed by atoms with Crippen LogP contribution in [0.15, 0.2) is 72.8 Å². The first-order valence-corrected chi connectivity index (χ1v) is 11.1. The summed E-state index contributed by atoms with van der Waals surface area (Å²) in [6.07, 6.45) is 0.438. The number of carbonyl (C=O) groups is 2. The van der Waals surface area contributed by atoms with E-state index in [1.807, 2.05) is 36.4 Å². The zero-order valence-electron chi connectivity index (χ0n) is 17.5. The highest BCUT2D eigenvalue weighted by Crippen LogP contribution is 2.44. The Labute approximate surface area is 194 Å². The third-order valence-corrected chi connectivity index (χ3v) is 6.83. The average Bonchev–Trinajstić information content (AvgIpc) is 3.31. The summed E-state index contributed by atoms with van der Waals surface area (Å²) >= 11 is 6.13. The van der Waals surface area contributed by atoms with Gasteiger partial charge in [-0.3, -0.25) is 14.6 Å². The molecule has 5 nitrogen and oxygen atoms in total. The van der Waals surface area contributed by atoms with E-state index in [9.17, 15) is 14.0 Å². The molecule has 1 aromatic heterocycles. The van der Waals surface area contributed by atoms with E-state index in [4.69, 9.17) is 11.6 Å². The van der Waals surface area contributed by atoms with E-state index in [2.05, 4.69) is 4.98 Å². The second kappa shape index (κ2) is 7.46. The highest BCUT2D eigenvalue weighted by Gasteiger charge is 2.52. The number of para-hydroxylation sites is 1. The van der Waals surface area contributed by atoms with Crippen LogP contribution in [0.5, 0.6) is 0 Å². The van der Waals surface area contributed by atoms with Crippen LogP contribution in [0.2, 0.25) is 5.02 Å². The van der Waals surface area contributed by atoms with Crippen molar-refractivity contribution >= 4 is 34.4 Å². The lowest BCUT2D eigenvalue weighted by molar-refractivity contribution is -0.129. The molecule has 164 valence electrons. The van der Waals surface area contributed by atoms with Gasteiger partial charge < -0.3 is 4.98 Å². The molecule has 2 aliphatic rings. The van der Waals surface area contributed by atoms with Crippen molar-refractivity contribution in [1.82, 2.24) is 14.8 Å². The highest BCUT2D eigenvalue weighted by atomic mass is 35.5. The first kappa shape index (κ1) is 20.0. The number of urea groups is 1. The van der Waals surface area contributed by atoms with Crippen LogP contribution in [0.3, 0.4) is 0 Å². The van der Waals surface area contributed by atoms with E-state index in [0.29, 0.717) is 17.0 Å². The van der Waals surface area contributed by atoms with Crippen molar-refractivity contribution in [1.29, 1.82) is 0 Å². The molecule has 0 saturated carbocycles. The molecular weight excluding hydrogens is 441 g/mol. The van der Waals surface area contributed by atoms with Gasteiger partial charge in [0.1, 0.15) is 17.9 Å². The van der Waals surface area contributed by atoms with Crippen LogP contribution in [-0.2, 0) is 17.8 Å². The van der Waals surface area contributed by atoms with Gasteiger partial charge in [-0.05, 0) is 47.0 Å². The number of fused-ring (bicyclic) bond motifs is 4. The maximum absolute atomic E-state index is 13.6. The number of hydrogen-bond donors (Lipinski definition) is 1. The summed E-state index contributed by atoms with van der Waals surface area (Å²) in [4.78, 5) is 33.5. The molecule has 0 spiro atoms. The molecule has 1 fully saturated rings. The van der Waals surface area contributed by atoms with Gasteiger partial charge in [-0.15, -0.1) is 0 Å². The third-order valence-electron chi connectivity index (χ3n) is 6.57. The minimum atomic E-state index is -0.606. The summed E-state index contributed by atoms with van der Waals surface area (Å²) in [5, 5.41) is 1.66. The lowest BCUT2D eigenvalue weighted by Gasteiger charge is -2.36. The van der Waals surface area contributed by atoms with E-state index >= 15 is 0 Å². The predicted octanol–water partition coefficient (Wildman–Crippen LogP) is 5.44. The normalized spacial score (nSPS) is 19.8. The quantitative estimate of drug-likeness (QED) is 0.415. The fourth-order valence-corrected chi connectivity index (χ4v) is 5.16. The maximum Gasteiger partial charge on any atom is 0.328 e. The number of amides is 3.